The maximum absolute atomic E-state index is 5.40. The molecule has 52 valence electrons. The van der Waals surface area contributed by atoms with Crippen LogP contribution in [0.4, 0.5) is 0 Å². The van der Waals surface area contributed by atoms with Crippen molar-refractivity contribution in [3.05, 3.63) is 21.9 Å². The summed E-state index contributed by atoms with van der Waals surface area (Å²) < 4.78 is 0. The lowest BCUT2D eigenvalue weighted by Gasteiger charge is -1.88. The zero-order valence-corrected chi connectivity index (χ0v) is 6.89. The standard InChI is InChI=1S/C6H9NS.ClH/c1-5-6(4-7)2-3-8-5;/h2-3H,4,7H2,1H3;1H. The van der Waals surface area contributed by atoms with Crippen molar-refractivity contribution in [1.82, 2.24) is 0 Å². The molecule has 3 heteroatoms. The molecule has 1 aromatic heterocycles. The summed E-state index contributed by atoms with van der Waals surface area (Å²) >= 11 is 1.75. The highest BCUT2D eigenvalue weighted by molar-refractivity contribution is 7.10. The Morgan fingerprint density at radius 2 is 2.33 bits per heavy atom. The van der Waals surface area contributed by atoms with E-state index in [0.29, 0.717) is 6.54 Å². The number of hydrogen-bond acceptors (Lipinski definition) is 2. The Labute approximate surface area is 65.3 Å². The third-order valence-corrected chi connectivity index (χ3v) is 2.07. The van der Waals surface area contributed by atoms with Crippen molar-refractivity contribution in [2.75, 3.05) is 0 Å². The average Bonchev–Trinajstić information content (AvgIpc) is 2.14. The summed E-state index contributed by atoms with van der Waals surface area (Å²) in [6.07, 6.45) is 0. The van der Waals surface area contributed by atoms with Gasteiger partial charge in [0.2, 0.25) is 0 Å². The van der Waals surface area contributed by atoms with E-state index in [0.717, 1.165) is 0 Å². The Morgan fingerprint density at radius 3 is 2.56 bits per heavy atom. The molecule has 0 unspecified atom stereocenters. The molecule has 0 saturated heterocycles. The van der Waals surface area contributed by atoms with Crippen molar-refractivity contribution in [3.8, 4) is 0 Å². The molecule has 1 heterocycles. The van der Waals surface area contributed by atoms with Crippen molar-refractivity contribution in [2.24, 2.45) is 5.73 Å². The largest absolute Gasteiger partial charge is 0.326 e. The molecule has 0 amide bonds. The predicted octanol–water partition coefficient (Wildman–Crippen LogP) is 1.94. The van der Waals surface area contributed by atoms with Crippen molar-refractivity contribution in [1.29, 1.82) is 0 Å². The molecule has 1 rings (SSSR count). The van der Waals surface area contributed by atoms with Gasteiger partial charge < -0.3 is 5.73 Å². The van der Waals surface area contributed by atoms with Crippen LogP contribution in [0.15, 0.2) is 11.4 Å². The van der Waals surface area contributed by atoms with Crippen LogP contribution in [0, 0.1) is 6.92 Å². The fourth-order valence-electron chi connectivity index (χ4n) is 0.623. The molecule has 2 N–H and O–H groups in total. The van der Waals surface area contributed by atoms with Crippen LogP contribution < -0.4 is 5.73 Å². The van der Waals surface area contributed by atoms with E-state index >= 15 is 0 Å². The van der Waals surface area contributed by atoms with Gasteiger partial charge in [0.15, 0.2) is 0 Å². The Kier molecular flexibility index (Phi) is 3.86. The van der Waals surface area contributed by atoms with Crippen LogP contribution in [-0.4, -0.2) is 0 Å². The van der Waals surface area contributed by atoms with Gasteiger partial charge in [-0.05, 0) is 23.9 Å². The van der Waals surface area contributed by atoms with Crippen LogP contribution >= 0.6 is 23.7 Å². The summed E-state index contributed by atoms with van der Waals surface area (Å²) in [4.78, 5) is 1.34. The maximum Gasteiger partial charge on any atom is 0.0189 e. The van der Waals surface area contributed by atoms with Gasteiger partial charge in [-0.3, -0.25) is 0 Å². The highest BCUT2D eigenvalue weighted by atomic mass is 35.5. The molecule has 1 aromatic rings. The molecular formula is C6H10ClNS. The molecule has 0 saturated carbocycles. The minimum Gasteiger partial charge on any atom is -0.326 e. The van der Waals surface area contributed by atoms with E-state index in [1.165, 1.54) is 10.4 Å². The van der Waals surface area contributed by atoms with E-state index in [4.69, 9.17) is 5.73 Å². The lowest BCUT2D eigenvalue weighted by Crippen LogP contribution is -1.94. The molecular weight excluding hydrogens is 154 g/mol. The highest BCUT2D eigenvalue weighted by Gasteiger charge is 1.92. The number of hydrogen-bond donors (Lipinski definition) is 1. The Morgan fingerprint density at radius 1 is 1.67 bits per heavy atom. The fraction of sp³-hybridized carbons (Fsp3) is 0.333. The molecule has 0 bridgehead atoms. The first-order valence-corrected chi connectivity index (χ1v) is 3.45. The number of aryl methyl sites for hydroxylation is 1. The summed E-state index contributed by atoms with van der Waals surface area (Å²) in [5.74, 6) is 0. The minimum atomic E-state index is 0. The van der Waals surface area contributed by atoms with Crippen LogP contribution in [0.3, 0.4) is 0 Å². The third-order valence-electron chi connectivity index (χ3n) is 1.19. The second kappa shape index (κ2) is 3.88. The van der Waals surface area contributed by atoms with Gasteiger partial charge in [0, 0.05) is 11.4 Å². The molecule has 0 aliphatic carbocycles. The van der Waals surface area contributed by atoms with Crippen molar-refractivity contribution in [2.45, 2.75) is 13.5 Å². The van der Waals surface area contributed by atoms with Gasteiger partial charge >= 0.3 is 0 Å². The van der Waals surface area contributed by atoms with Crippen LogP contribution in [-0.2, 0) is 6.54 Å². The minimum absolute atomic E-state index is 0. The first-order valence-electron chi connectivity index (χ1n) is 2.57. The van der Waals surface area contributed by atoms with Gasteiger partial charge in [-0.1, -0.05) is 0 Å². The maximum atomic E-state index is 5.40. The fourth-order valence-corrected chi connectivity index (χ4v) is 1.36. The second-order valence-corrected chi connectivity index (χ2v) is 2.83. The first kappa shape index (κ1) is 8.95. The normalized spacial score (nSPS) is 8.67. The van der Waals surface area contributed by atoms with Gasteiger partial charge in [-0.15, -0.1) is 23.7 Å². The molecule has 0 radical (unpaired) electrons. The summed E-state index contributed by atoms with van der Waals surface area (Å²) in [6, 6.07) is 2.07. The molecule has 0 aliphatic heterocycles. The topological polar surface area (TPSA) is 26.0 Å². The molecule has 1 nitrogen and oxygen atoms in total. The Bertz CT molecular complexity index is 173. The highest BCUT2D eigenvalue weighted by Crippen LogP contribution is 2.13. The predicted molar refractivity (Wildman–Crippen MR) is 44.2 cm³/mol. The van der Waals surface area contributed by atoms with E-state index in [9.17, 15) is 0 Å². The summed E-state index contributed by atoms with van der Waals surface area (Å²) in [5, 5.41) is 2.07. The van der Waals surface area contributed by atoms with Crippen LogP contribution in [0.1, 0.15) is 10.4 Å². The van der Waals surface area contributed by atoms with Gasteiger partial charge in [0.05, 0.1) is 0 Å². The first-order chi connectivity index (χ1) is 3.84. The zero-order chi connectivity index (χ0) is 5.98. The summed E-state index contributed by atoms with van der Waals surface area (Å²) in [7, 11) is 0. The van der Waals surface area contributed by atoms with Crippen LogP contribution in [0.25, 0.3) is 0 Å². The molecule has 9 heavy (non-hydrogen) atoms. The SMILES string of the molecule is Cc1sccc1CN.Cl. The average molecular weight is 164 g/mol. The molecule has 0 aliphatic rings. The quantitative estimate of drug-likeness (QED) is 0.673. The van der Waals surface area contributed by atoms with Crippen molar-refractivity contribution < 1.29 is 0 Å². The Hall–Kier alpha value is -0.0500. The van der Waals surface area contributed by atoms with E-state index in [1.807, 2.05) is 0 Å². The molecule has 0 spiro atoms. The van der Waals surface area contributed by atoms with Gasteiger partial charge in [0.1, 0.15) is 0 Å². The summed E-state index contributed by atoms with van der Waals surface area (Å²) in [6.45, 7) is 2.77. The van der Waals surface area contributed by atoms with Gasteiger partial charge in [0.25, 0.3) is 0 Å². The second-order valence-electron chi connectivity index (χ2n) is 1.71. The lowest BCUT2D eigenvalue weighted by molar-refractivity contribution is 1.07. The summed E-state index contributed by atoms with van der Waals surface area (Å²) in [5.41, 5.74) is 6.67. The number of rotatable bonds is 1. The van der Waals surface area contributed by atoms with Crippen LogP contribution in [0.5, 0.6) is 0 Å². The number of nitrogens with two attached hydrogens (primary N) is 1. The third kappa shape index (κ3) is 1.97. The van der Waals surface area contributed by atoms with Crippen molar-refractivity contribution >= 4 is 23.7 Å². The van der Waals surface area contributed by atoms with Gasteiger partial charge in [-0.25, -0.2) is 0 Å². The lowest BCUT2D eigenvalue weighted by atomic mass is 10.3. The van der Waals surface area contributed by atoms with Crippen molar-refractivity contribution in [3.63, 3.8) is 0 Å². The smallest absolute Gasteiger partial charge is 0.0189 e. The molecule has 0 fully saturated rings. The van der Waals surface area contributed by atoms with E-state index in [2.05, 4.69) is 18.4 Å². The van der Waals surface area contributed by atoms with Gasteiger partial charge in [-0.2, -0.15) is 0 Å². The number of thiophene rings is 1. The molecule has 0 atom stereocenters. The number of halogens is 1. The van der Waals surface area contributed by atoms with E-state index in [-0.39, 0.29) is 12.4 Å². The Balaban J connectivity index is 0.000000640. The van der Waals surface area contributed by atoms with E-state index in [1.54, 1.807) is 11.3 Å². The monoisotopic (exact) mass is 163 g/mol. The zero-order valence-electron chi connectivity index (χ0n) is 5.26. The van der Waals surface area contributed by atoms with Crippen LogP contribution in [0.2, 0.25) is 0 Å². The molecule has 0 aromatic carbocycles. The van der Waals surface area contributed by atoms with E-state index < -0.39 is 0 Å².